The highest BCUT2D eigenvalue weighted by atomic mass is 19.1. The average Bonchev–Trinajstić information content (AvgIpc) is 3.08. The van der Waals surface area contributed by atoms with E-state index in [1.54, 1.807) is 62.3 Å². The van der Waals surface area contributed by atoms with Crippen LogP contribution in [0.15, 0.2) is 78.9 Å². The van der Waals surface area contributed by atoms with Crippen LogP contribution in [0.3, 0.4) is 0 Å². The van der Waals surface area contributed by atoms with Crippen LogP contribution in [0.5, 0.6) is 11.6 Å². The summed E-state index contributed by atoms with van der Waals surface area (Å²) in [6.07, 6.45) is -1.59. The van der Waals surface area contributed by atoms with E-state index in [0.29, 0.717) is 33.8 Å². The van der Waals surface area contributed by atoms with Crippen molar-refractivity contribution < 1.29 is 28.6 Å². The van der Waals surface area contributed by atoms with Gasteiger partial charge in [-0.2, -0.15) is 0 Å². The number of fused-ring (bicyclic) bond motifs is 1. The third kappa shape index (κ3) is 5.43. The molecule has 1 amide bonds. The van der Waals surface area contributed by atoms with Crippen molar-refractivity contribution in [3.63, 3.8) is 0 Å². The van der Waals surface area contributed by atoms with Crippen LogP contribution in [0.25, 0.3) is 0 Å². The molecule has 0 aliphatic carbocycles. The number of rotatable bonds is 8. The van der Waals surface area contributed by atoms with Crippen molar-refractivity contribution in [2.24, 2.45) is 0 Å². The number of methoxy groups -OCH3 is 1. The SMILES string of the molecule is COc1ccc(CN2C(=O)CN[C@](c3ccc(F)c(C)c3)([C@H](Oc3cc(C)cc(C)n3)C(=O)O)c3ccccc32)cc1. The van der Waals surface area contributed by atoms with Crippen LogP contribution in [0.1, 0.15) is 33.5 Å². The number of para-hydroxylation sites is 1. The van der Waals surface area contributed by atoms with Crippen molar-refractivity contribution in [2.45, 2.75) is 39.0 Å². The lowest BCUT2D eigenvalue weighted by Crippen LogP contribution is -2.58. The van der Waals surface area contributed by atoms with Gasteiger partial charge in [-0.3, -0.25) is 10.1 Å². The summed E-state index contributed by atoms with van der Waals surface area (Å²) in [5.74, 6) is -1.17. The summed E-state index contributed by atoms with van der Waals surface area (Å²) in [6.45, 7) is 5.29. The maximum absolute atomic E-state index is 14.5. The summed E-state index contributed by atoms with van der Waals surface area (Å²) in [5.41, 5.74) is 2.52. The van der Waals surface area contributed by atoms with Crippen LogP contribution < -0.4 is 19.7 Å². The van der Waals surface area contributed by atoms with Crippen LogP contribution in [0.2, 0.25) is 0 Å². The number of aliphatic carboxylic acids is 1. The van der Waals surface area contributed by atoms with E-state index in [2.05, 4.69) is 10.3 Å². The van der Waals surface area contributed by atoms with Gasteiger partial charge in [0.15, 0.2) is 0 Å². The Morgan fingerprint density at radius 3 is 2.48 bits per heavy atom. The number of carbonyl (C=O) groups is 2. The highest BCUT2D eigenvalue weighted by molar-refractivity contribution is 5.97. The molecule has 216 valence electrons. The van der Waals surface area contributed by atoms with E-state index < -0.39 is 23.4 Å². The molecule has 0 saturated heterocycles. The topological polar surface area (TPSA) is 101 Å². The van der Waals surface area contributed by atoms with Crippen molar-refractivity contribution in [1.82, 2.24) is 10.3 Å². The van der Waals surface area contributed by atoms with Gasteiger partial charge >= 0.3 is 5.97 Å². The second-order valence-electron chi connectivity index (χ2n) is 10.4. The summed E-state index contributed by atoms with van der Waals surface area (Å²) in [5, 5.41) is 14.0. The lowest BCUT2D eigenvalue weighted by atomic mass is 9.76. The van der Waals surface area contributed by atoms with E-state index in [0.717, 1.165) is 11.1 Å². The number of aromatic nitrogens is 1. The number of halogens is 1. The van der Waals surface area contributed by atoms with E-state index >= 15 is 0 Å². The van der Waals surface area contributed by atoms with Gasteiger partial charge in [0.1, 0.15) is 17.1 Å². The monoisotopic (exact) mass is 569 g/mol. The molecule has 2 heterocycles. The molecule has 0 spiro atoms. The number of carbonyl (C=O) groups excluding carboxylic acids is 1. The first kappa shape index (κ1) is 28.8. The third-order valence-corrected chi connectivity index (χ3v) is 7.48. The molecule has 1 aromatic heterocycles. The Kier molecular flexibility index (Phi) is 7.95. The second-order valence-corrected chi connectivity index (χ2v) is 10.4. The fourth-order valence-corrected chi connectivity index (χ4v) is 5.51. The number of nitrogens with zero attached hydrogens (tertiary/aromatic N) is 2. The molecule has 42 heavy (non-hydrogen) atoms. The van der Waals surface area contributed by atoms with Gasteiger partial charge in [-0.05, 0) is 73.4 Å². The summed E-state index contributed by atoms with van der Waals surface area (Å²) in [7, 11) is 1.58. The zero-order valence-electron chi connectivity index (χ0n) is 23.8. The second kappa shape index (κ2) is 11.6. The molecule has 0 saturated carbocycles. The maximum Gasteiger partial charge on any atom is 0.347 e. The minimum absolute atomic E-state index is 0.128. The lowest BCUT2D eigenvalue weighted by Gasteiger charge is -2.40. The number of aryl methyl sites for hydroxylation is 3. The van der Waals surface area contributed by atoms with Gasteiger partial charge in [0.05, 0.1) is 20.2 Å². The van der Waals surface area contributed by atoms with Crippen LogP contribution >= 0.6 is 0 Å². The Labute approximate surface area is 243 Å². The number of nitrogens with one attached hydrogen (secondary N) is 1. The van der Waals surface area contributed by atoms with Gasteiger partial charge in [0.2, 0.25) is 17.9 Å². The quantitative estimate of drug-likeness (QED) is 0.306. The number of amides is 1. The molecule has 2 atom stereocenters. The molecule has 2 N–H and O–H groups in total. The molecular weight excluding hydrogens is 537 g/mol. The first-order valence-corrected chi connectivity index (χ1v) is 13.5. The fraction of sp³-hybridized carbons (Fsp3) is 0.242. The molecule has 5 rings (SSSR count). The molecule has 8 nitrogen and oxygen atoms in total. The molecular formula is C33H32FN3O5. The predicted octanol–water partition coefficient (Wildman–Crippen LogP) is 5.07. The van der Waals surface area contributed by atoms with E-state index in [1.807, 2.05) is 37.3 Å². The van der Waals surface area contributed by atoms with Crippen LogP contribution in [-0.4, -0.2) is 41.7 Å². The molecule has 0 bridgehead atoms. The average molecular weight is 570 g/mol. The summed E-state index contributed by atoms with van der Waals surface area (Å²) >= 11 is 0. The van der Waals surface area contributed by atoms with Crippen molar-refractivity contribution in [2.75, 3.05) is 18.6 Å². The van der Waals surface area contributed by atoms with Crippen molar-refractivity contribution >= 4 is 17.6 Å². The summed E-state index contributed by atoms with van der Waals surface area (Å²) < 4.78 is 26.0. The highest BCUT2D eigenvalue weighted by Gasteiger charge is 2.52. The minimum atomic E-state index is -1.61. The molecule has 1 aliphatic heterocycles. The van der Waals surface area contributed by atoms with Crippen molar-refractivity contribution in [3.8, 4) is 11.6 Å². The Morgan fingerprint density at radius 2 is 1.81 bits per heavy atom. The Balaban J connectivity index is 1.73. The van der Waals surface area contributed by atoms with Gasteiger partial charge in [-0.1, -0.05) is 42.5 Å². The standard InChI is InChI=1S/C33H32FN3O5/c1-20-15-22(3)36-29(16-20)42-31(32(39)40)33(24-11-14-27(34)21(2)17-24)26-7-5-6-8-28(26)37(30(38)18-35-33)19-23-9-12-25(41-4)13-10-23/h5-17,31,35H,18-19H2,1-4H3,(H,39,40)/t31-,33+/m1/s1. The van der Waals surface area contributed by atoms with Gasteiger partial charge in [0, 0.05) is 23.0 Å². The maximum atomic E-state index is 14.5. The number of ether oxygens (including phenoxy) is 2. The van der Waals surface area contributed by atoms with Gasteiger partial charge in [-0.25, -0.2) is 14.2 Å². The van der Waals surface area contributed by atoms with E-state index in [4.69, 9.17) is 9.47 Å². The molecule has 0 unspecified atom stereocenters. The third-order valence-electron chi connectivity index (χ3n) is 7.48. The normalized spacial score (nSPS) is 17.3. The number of benzene rings is 3. The zero-order valence-corrected chi connectivity index (χ0v) is 23.8. The molecule has 0 radical (unpaired) electrons. The number of carboxylic acids is 1. The number of anilines is 1. The number of carboxylic acid groups (broad SMARTS) is 1. The van der Waals surface area contributed by atoms with Gasteiger partial charge < -0.3 is 19.5 Å². The smallest absolute Gasteiger partial charge is 0.347 e. The molecule has 3 aromatic carbocycles. The largest absolute Gasteiger partial charge is 0.497 e. The first-order valence-electron chi connectivity index (χ1n) is 13.5. The summed E-state index contributed by atoms with van der Waals surface area (Å²) in [6, 6.07) is 22.5. The predicted molar refractivity (Wildman–Crippen MR) is 156 cm³/mol. The van der Waals surface area contributed by atoms with E-state index in [-0.39, 0.29) is 24.9 Å². The van der Waals surface area contributed by atoms with Crippen LogP contribution in [0, 0.1) is 26.6 Å². The zero-order chi connectivity index (χ0) is 30.0. The Hall–Kier alpha value is -4.76. The molecule has 4 aromatic rings. The molecule has 9 heteroatoms. The van der Waals surface area contributed by atoms with Crippen molar-refractivity contribution in [3.05, 3.63) is 118 Å². The van der Waals surface area contributed by atoms with E-state index in [9.17, 15) is 19.1 Å². The molecule has 1 aliphatic rings. The Bertz CT molecular complexity index is 1620. The summed E-state index contributed by atoms with van der Waals surface area (Å²) in [4.78, 5) is 33.0. The number of hydrogen-bond donors (Lipinski definition) is 2. The minimum Gasteiger partial charge on any atom is -0.497 e. The fourth-order valence-electron chi connectivity index (χ4n) is 5.51. The van der Waals surface area contributed by atoms with Gasteiger partial charge in [-0.15, -0.1) is 0 Å². The van der Waals surface area contributed by atoms with Gasteiger partial charge in [0.25, 0.3) is 0 Å². The Morgan fingerprint density at radius 1 is 1.07 bits per heavy atom. The highest BCUT2D eigenvalue weighted by Crippen LogP contribution is 2.43. The number of hydrogen-bond acceptors (Lipinski definition) is 6. The number of pyridine rings is 1. The van der Waals surface area contributed by atoms with Crippen molar-refractivity contribution in [1.29, 1.82) is 0 Å². The van der Waals surface area contributed by atoms with E-state index in [1.165, 1.54) is 12.1 Å². The first-order chi connectivity index (χ1) is 20.1. The molecule has 0 fully saturated rings. The van der Waals surface area contributed by atoms with Crippen LogP contribution in [0.4, 0.5) is 10.1 Å². The lowest BCUT2D eigenvalue weighted by molar-refractivity contribution is -0.149. The van der Waals surface area contributed by atoms with Crippen LogP contribution in [-0.2, 0) is 21.7 Å².